The normalized spacial score (nSPS) is 15.5. The van der Waals surface area contributed by atoms with Crippen molar-refractivity contribution in [2.24, 2.45) is 0 Å². The quantitative estimate of drug-likeness (QED) is 0.668. The summed E-state index contributed by atoms with van der Waals surface area (Å²) in [5.41, 5.74) is 0. The molecule has 0 saturated heterocycles. The molecule has 2 N–H and O–H groups in total. The van der Waals surface area contributed by atoms with E-state index in [1.54, 1.807) is 0 Å². The molecule has 1 fully saturated rings. The van der Waals surface area contributed by atoms with E-state index in [2.05, 4.69) is 27.8 Å². The Labute approximate surface area is 89.6 Å². The van der Waals surface area contributed by atoms with Crippen LogP contribution in [0.25, 0.3) is 0 Å². The molecule has 1 aliphatic rings. The molecule has 0 amide bonds. The van der Waals surface area contributed by atoms with Gasteiger partial charge in [0.1, 0.15) is 0 Å². The van der Waals surface area contributed by atoms with Crippen molar-refractivity contribution in [1.29, 1.82) is 0 Å². The topological polar surface area (TPSA) is 63.0 Å². The van der Waals surface area contributed by atoms with Crippen molar-refractivity contribution in [2.45, 2.75) is 45.2 Å². The largest absolute Gasteiger partial charge is 0.407 e. The Hall–Kier alpha value is -1.10. The van der Waals surface area contributed by atoms with Gasteiger partial charge in [-0.3, -0.25) is 0 Å². The average Bonchev–Trinajstić information content (AvgIpc) is 2.97. The van der Waals surface area contributed by atoms with Crippen LogP contribution >= 0.6 is 0 Å². The summed E-state index contributed by atoms with van der Waals surface area (Å²) in [5.74, 6) is 0.667. The molecule has 0 aromatic carbocycles. The van der Waals surface area contributed by atoms with Gasteiger partial charge in [-0.25, -0.2) is 0 Å². The van der Waals surface area contributed by atoms with Crippen LogP contribution in [0.2, 0.25) is 0 Å². The molecule has 0 radical (unpaired) electrons. The van der Waals surface area contributed by atoms with Crippen molar-refractivity contribution in [2.75, 3.05) is 11.9 Å². The Kier molecular flexibility index (Phi) is 3.55. The van der Waals surface area contributed by atoms with Crippen molar-refractivity contribution in [1.82, 2.24) is 15.5 Å². The van der Waals surface area contributed by atoms with Gasteiger partial charge in [-0.1, -0.05) is 18.4 Å². The van der Waals surface area contributed by atoms with E-state index in [1.165, 1.54) is 12.8 Å². The first kappa shape index (κ1) is 10.4. The predicted octanol–water partition coefficient (Wildman–Crippen LogP) is 1.53. The van der Waals surface area contributed by atoms with E-state index < -0.39 is 0 Å². The molecule has 1 saturated carbocycles. The van der Waals surface area contributed by atoms with Gasteiger partial charge in [0.05, 0.1) is 6.54 Å². The molecule has 0 spiro atoms. The minimum absolute atomic E-state index is 0.538. The van der Waals surface area contributed by atoms with Gasteiger partial charge in [0.2, 0.25) is 5.89 Å². The third-order valence-corrected chi connectivity index (χ3v) is 2.39. The molecule has 1 aromatic heterocycles. The number of anilines is 1. The Balaban J connectivity index is 1.70. The fourth-order valence-corrected chi connectivity index (χ4v) is 1.29. The minimum Gasteiger partial charge on any atom is -0.407 e. The smallest absolute Gasteiger partial charge is 0.315 e. The summed E-state index contributed by atoms with van der Waals surface area (Å²) in [7, 11) is 0. The van der Waals surface area contributed by atoms with E-state index in [9.17, 15) is 0 Å². The second-order valence-corrected chi connectivity index (χ2v) is 3.94. The van der Waals surface area contributed by atoms with E-state index in [0.29, 0.717) is 24.5 Å². The van der Waals surface area contributed by atoms with E-state index in [0.717, 1.165) is 19.4 Å². The summed E-state index contributed by atoms with van der Waals surface area (Å²) in [6, 6.07) is 1.21. The van der Waals surface area contributed by atoms with Crippen molar-refractivity contribution >= 4 is 6.01 Å². The maximum absolute atomic E-state index is 5.41. The van der Waals surface area contributed by atoms with E-state index in [-0.39, 0.29) is 0 Å². The zero-order valence-corrected chi connectivity index (χ0v) is 9.12. The first-order valence-electron chi connectivity index (χ1n) is 5.68. The molecule has 5 heteroatoms. The fraction of sp³-hybridized carbons (Fsp3) is 0.800. The second kappa shape index (κ2) is 5.11. The molecule has 84 valence electrons. The molecule has 5 nitrogen and oxygen atoms in total. The lowest BCUT2D eigenvalue weighted by molar-refractivity contribution is 0.475. The minimum atomic E-state index is 0.538. The highest BCUT2D eigenvalue weighted by atomic mass is 16.4. The van der Waals surface area contributed by atoms with Gasteiger partial charge in [-0.2, -0.15) is 0 Å². The summed E-state index contributed by atoms with van der Waals surface area (Å²) >= 11 is 0. The average molecular weight is 210 g/mol. The summed E-state index contributed by atoms with van der Waals surface area (Å²) in [6.45, 7) is 3.74. The van der Waals surface area contributed by atoms with E-state index >= 15 is 0 Å². The molecule has 0 bridgehead atoms. The molecule has 1 aliphatic carbocycles. The molecular formula is C10H18N4O. The lowest BCUT2D eigenvalue weighted by atomic mass is 10.3. The van der Waals surface area contributed by atoms with Gasteiger partial charge in [-0.15, -0.1) is 5.10 Å². The number of hydrogen-bond acceptors (Lipinski definition) is 5. The zero-order chi connectivity index (χ0) is 10.5. The number of aromatic nitrogens is 2. The van der Waals surface area contributed by atoms with E-state index in [1.807, 2.05) is 0 Å². The number of nitrogens with one attached hydrogen (secondary N) is 2. The zero-order valence-electron chi connectivity index (χ0n) is 9.12. The van der Waals surface area contributed by atoms with Crippen LogP contribution < -0.4 is 10.6 Å². The number of nitrogens with zero attached hydrogens (tertiary/aromatic N) is 2. The molecular weight excluding hydrogens is 192 g/mol. The first-order chi connectivity index (χ1) is 7.38. The van der Waals surface area contributed by atoms with Crippen LogP contribution in [0.5, 0.6) is 0 Å². The lowest BCUT2D eigenvalue weighted by Gasteiger charge is -1.98. The van der Waals surface area contributed by atoms with Gasteiger partial charge < -0.3 is 15.1 Å². The van der Waals surface area contributed by atoms with Crippen molar-refractivity contribution < 1.29 is 4.42 Å². The maximum atomic E-state index is 5.41. The monoisotopic (exact) mass is 210 g/mol. The third-order valence-electron chi connectivity index (χ3n) is 2.39. The van der Waals surface area contributed by atoms with Crippen LogP contribution in [0.15, 0.2) is 4.42 Å². The number of unbranched alkanes of at least 4 members (excludes halogenated alkanes) is 1. The highest BCUT2D eigenvalue weighted by molar-refractivity contribution is 5.16. The lowest BCUT2D eigenvalue weighted by Crippen LogP contribution is -2.15. The van der Waals surface area contributed by atoms with Crippen LogP contribution in [0.1, 0.15) is 38.5 Å². The standard InChI is InChI=1S/C10H18N4O/c1-2-3-6-11-10-14-13-9(15-10)7-12-8-4-5-8/h8,12H,2-7H2,1H3,(H,11,14). The molecule has 0 atom stereocenters. The Bertz CT molecular complexity index is 295. The highest BCUT2D eigenvalue weighted by Crippen LogP contribution is 2.19. The van der Waals surface area contributed by atoms with E-state index in [4.69, 9.17) is 4.42 Å². The predicted molar refractivity (Wildman–Crippen MR) is 57.6 cm³/mol. The molecule has 0 unspecified atom stereocenters. The third kappa shape index (κ3) is 3.51. The van der Waals surface area contributed by atoms with Crippen molar-refractivity contribution in [3.05, 3.63) is 5.89 Å². The van der Waals surface area contributed by atoms with Gasteiger partial charge in [0.15, 0.2) is 0 Å². The number of hydrogen-bond donors (Lipinski definition) is 2. The van der Waals surface area contributed by atoms with Gasteiger partial charge in [0.25, 0.3) is 0 Å². The molecule has 1 aromatic rings. The molecule has 15 heavy (non-hydrogen) atoms. The number of rotatable bonds is 7. The maximum Gasteiger partial charge on any atom is 0.315 e. The SMILES string of the molecule is CCCCNc1nnc(CNC2CC2)o1. The highest BCUT2D eigenvalue weighted by Gasteiger charge is 2.21. The molecule has 0 aliphatic heterocycles. The van der Waals surface area contributed by atoms with Crippen molar-refractivity contribution in [3.8, 4) is 0 Å². The van der Waals surface area contributed by atoms with Crippen LogP contribution in [0.4, 0.5) is 6.01 Å². The fourth-order valence-electron chi connectivity index (χ4n) is 1.29. The Morgan fingerprint density at radius 1 is 1.40 bits per heavy atom. The summed E-state index contributed by atoms with van der Waals surface area (Å²) in [5, 5.41) is 14.3. The summed E-state index contributed by atoms with van der Waals surface area (Å²) in [6.07, 6.45) is 4.83. The summed E-state index contributed by atoms with van der Waals surface area (Å²) in [4.78, 5) is 0. The second-order valence-electron chi connectivity index (χ2n) is 3.94. The Morgan fingerprint density at radius 3 is 3.00 bits per heavy atom. The van der Waals surface area contributed by atoms with Crippen LogP contribution in [0, 0.1) is 0 Å². The van der Waals surface area contributed by atoms with Gasteiger partial charge >= 0.3 is 6.01 Å². The van der Waals surface area contributed by atoms with Gasteiger partial charge in [-0.05, 0) is 19.3 Å². The van der Waals surface area contributed by atoms with Crippen LogP contribution in [0.3, 0.4) is 0 Å². The van der Waals surface area contributed by atoms with Gasteiger partial charge in [0, 0.05) is 12.6 Å². The van der Waals surface area contributed by atoms with Crippen molar-refractivity contribution in [3.63, 3.8) is 0 Å². The molecule has 2 rings (SSSR count). The summed E-state index contributed by atoms with van der Waals surface area (Å²) < 4.78 is 5.41. The van der Waals surface area contributed by atoms with Crippen LogP contribution in [-0.4, -0.2) is 22.8 Å². The first-order valence-corrected chi connectivity index (χ1v) is 5.68. The molecule has 1 heterocycles. The van der Waals surface area contributed by atoms with Crippen LogP contribution in [-0.2, 0) is 6.54 Å². The Morgan fingerprint density at radius 2 is 2.27 bits per heavy atom.